The molecule has 80 valence electrons. The zero-order valence-corrected chi connectivity index (χ0v) is 8.45. The van der Waals surface area contributed by atoms with E-state index in [1.54, 1.807) is 0 Å². The minimum atomic E-state index is -0.280. The quantitative estimate of drug-likeness (QED) is 0.431. The topological polar surface area (TPSA) is 72.7 Å². The molecule has 0 fully saturated rings. The number of hydrogen-bond donors (Lipinski definition) is 4. The van der Waals surface area contributed by atoms with Crippen LogP contribution in [0.1, 0.15) is 20.3 Å². The SMILES string of the molecule is CCC(C)(CO)CNC(CO)CO. The van der Waals surface area contributed by atoms with E-state index in [0.29, 0.717) is 6.54 Å². The van der Waals surface area contributed by atoms with Crippen molar-refractivity contribution in [1.29, 1.82) is 0 Å². The lowest BCUT2D eigenvalue weighted by Gasteiger charge is -2.28. The molecule has 0 aliphatic carbocycles. The number of rotatable bonds is 7. The summed E-state index contributed by atoms with van der Waals surface area (Å²) in [5.74, 6) is 0. The summed E-state index contributed by atoms with van der Waals surface area (Å²) in [4.78, 5) is 0. The Morgan fingerprint density at radius 3 is 2.08 bits per heavy atom. The molecule has 4 N–H and O–H groups in total. The Balaban J connectivity index is 3.83. The lowest BCUT2D eigenvalue weighted by molar-refractivity contribution is 0.113. The van der Waals surface area contributed by atoms with Crippen molar-refractivity contribution in [2.45, 2.75) is 26.3 Å². The van der Waals surface area contributed by atoms with Crippen LogP contribution in [0.4, 0.5) is 0 Å². The lowest BCUT2D eigenvalue weighted by atomic mass is 9.88. The molecule has 0 heterocycles. The highest BCUT2D eigenvalue weighted by atomic mass is 16.3. The van der Waals surface area contributed by atoms with Gasteiger partial charge < -0.3 is 20.6 Å². The molecule has 0 saturated carbocycles. The van der Waals surface area contributed by atoms with Crippen molar-refractivity contribution in [3.8, 4) is 0 Å². The smallest absolute Gasteiger partial charge is 0.0607 e. The molecule has 0 radical (unpaired) electrons. The molecule has 0 amide bonds. The van der Waals surface area contributed by atoms with Crippen molar-refractivity contribution in [2.75, 3.05) is 26.4 Å². The average molecular weight is 191 g/mol. The van der Waals surface area contributed by atoms with E-state index in [1.807, 2.05) is 13.8 Å². The first kappa shape index (κ1) is 12.8. The monoisotopic (exact) mass is 191 g/mol. The maximum atomic E-state index is 9.08. The van der Waals surface area contributed by atoms with Gasteiger partial charge in [-0.2, -0.15) is 0 Å². The van der Waals surface area contributed by atoms with Crippen LogP contribution < -0.4 is 5.32 Å². The largest absolute Gasteiger partial charge is 0.396 e. The summed E-state index contributed by atoms with van der Waals surface area (Å²) in [6, 6.07) is -0.280. The van der Waals surface area contributed by atoms with Crippen molar-refractivity contribution in [2.24, 2.45) is 5.41 Å². The van der Waals surface area contributed by atoms with E-state index in [-0.39, 0.29) is 31.3 Å². The van der Waals surface area contributed by atoms with Gasteiger partial charge in [-0.05, 0) is 6.42 Å². The summed E-state index contributed by atoms with van der Waals surface area (Å²) in [6.07, 6.45) is 0.861. The second-order valence-corrected chi connectivity index (χ2v) is 3.77. The lowest BCUT2D eigenvalue weighted by Crippen LogP contribution is -2.43. The summed E-state index contributed by atoms with van der Waals surface area (Å²) in [7, 11) is 0. The molecule has 0 rings (SSSR count). The maximum absolute atomic E-state index is 9.08. The molecule has 4 nitrogen and oxygen atoms in total. The van der Waals surface area contributed by atoms with Gasteiger partial charge in [-0.15, -0.1) is 0 Å². The van der Waals surface area contributed by atoms with Gasteiger partial charge in [0.1, 0.15) is 0 Å². The van der Waals surface area contributed by atoms with Gasteiger partial charge in [-0.1, -0.05) is 13.8 Å². The molecular formula is C9H21NO3. The Bertz CT molecular complexity index is 122. The predicted octanol–water partition coefficient (Wildman–Crippen LogP) is -0.662. The number of nitrogens with one attached hydrogen (secondary N) is 1. The van der Waals surface area contributed by atoms with Crippen molar-refractivity contribution in [1.82, 2.24) is 5.32 Å². The van der Waals surface area contributed by atoms with Gasteiger partial charge in [-0.3, -0.25) is 0 Å². The zero-order valence-electron chi connectivity index (χ0n) is 8.45. The fourth-order valence-electron chi connectivity index (χ4n) is 0.870. The molecule has 0 aliphatic rings. The van der Waals surface area contributed by atoms with Gasteiger partial charge in [0.25, 0.3) is 0 Å². The first-order valence-corrected chi connectivity index (χ1v) is 4.68. The zero-order chi connectivity index (χ0) is 10.3. The van der Waals surface area contributed by atoms with Crippen molar-refractivity contribution >= 4 is 0 Å². The second-order valence-electron chi connectivity index (χ2n) is 3.77. The summed E-state index contributed by atoms with van der Waals surface area (Å²) < 4.78 is 0. The molecule has 0 saturated heterocycles. The number of aliphatic hydroxyl groups is 3. The standard InChI is InChI=1S/C9H21NO3/c1-3-9(2,7-13)6-10-8(4-11)5-12/h8,10-13H,3-7H2,1-2H3. The molecule has 1 unspecified atom stereocenters. The van der Waals surface area contributed by atoms with Gasteiger partial charge in [0.2, 0.25) is 0 Å². The van der Waals surface area contributed by atoms with E-state index >= 15 is 0 Å². The van der Waals surface area contributed by atoms with Gasteiger partial charge >= 0.3 is 0 Å². The van der Waals surface area contributed by atoms with Crippen molar-refractivity contribution < 1.29 is 15.3 Å². The van der Waals surface area contributed by atoms with Gasteiger partial charge in [0.05, 0.1) is 19.3 Å². The fourth-order valence-corrected chi connectivity index (χ4v) is 0.870. The fraction of sp³-hybridized carbons (Fsp3) is 1.00. The summed E-state index contributed by atoms with van der Waals surface area (Å²) in [5, 5.41) is 29.6. The van der Waals surface area contributed by atoms with Crippen LogP contribution in [-0.4, -0.2) is 47.7 Å². The Kier molecular flexibility index (Phi) is 6.24. The number of aliphatic hydroxyl groups excluding tert-OH is 3. The van der Waals surface area contributed by atoms with Crippen LogP contribution >= 0.6 is 0 Å². The minimum absolute atomic E-state index is 0.0816. The molecule has 0 aromatic rings. The van der Waals surface area contributed by atoms with Crippen LogP contribution in [0.25, 0.3) is 0 Å². The van der Waals surface area contributed by atoms with Gasteiger partial charge in [-0.25, -0.2) is 0 Å². The van der Waals surface area contributed by atoms with Crippen LogP contribution in [0.2, 0.25) is 0 Å². The Labute approximate surface area is 79.6 Å². The van der Waals surface area contributed by atoms with E-state index in [9.17, 15) is 0 Å². The molecule has 0 aromatic heterocycles. The van der Waals surface area contributed by atoms with Gasteiger partial charge in [0, 0.05) is 18.6 Å². The van der Waals surface area contributed by atoms with E-state index in [4.69, 9.17) is 15.3 Å². The molecule has 0 aliphatic heterocycles. The molecule has 4 heteroatoms. The van der Waals surface area contributed by atoms with E-state index < -0.39 is 0 Å². The normalized spacial score (nSPS) is 16.2. The molecule has 0 spiro atoms. The van der Waals surface area contributed by atoms with Crippen molar-refractivity contribution in [3.05, 3.63) is 0 Å². The third kappa shape index (κ3) is 4.57. The first-order valence-electron chi connectivity index (χ1n) is 4.68. The van der Waals surface area contributed by atoms with Crippen LogP contribution in [0.5, 0.6) is 0 Å². The van der Waals surface area contributed by atoms with Crippen LogP contribution in [0, 0.1) is 5.41 Å². The highest BCUT2D eigenvalue weighted by Crippen LogP contribution is 2.18. The predicted molar refractivity (Wildman–Crippen MR) is 51.4 cm³/mol. The molecule has 13 heavy (non-hydrogen) atoms. The minimum Gasteiger partial charge on any atom is -0.396 e. The average Bonchev–Trinajstić information content (AvgIpc) is 2.19. The first-order chi connectivity index (χ1) is 6.11. The molecular weight excluding hydrogens is 170 g/mol. The van der Waals surface area contributed by atoms with E-state index in [0.717, 1.165) is 6.42 Å². The van der Waals surface area contributed by atoms with Crippen molar-refractivity contribution in [3.63, 3.8) is 0 Å². The third-order valence-electron chi connectivity index (χ3n) is 2.49. The second kappa shape index (κ2) is 6.32. The Morgan fingerprint density at radius 1 is 1.23 bits per heavy atom. The maximum Gasteiger partial charge on any atom is 0.0607 e. The van der Waals surface area contributed by atoms with E-state index in [1.165, 1.54) is 0 Å². The molecule has 0 bridgehead atoms. The summed E-state index contributed by atoms with van der Waals surface area (Å²) in [5.41, 5.74) is -0.164. The van der Waals surface area contributed by atoms with E-state index in [2.05, 4.69) is 5.32 Å². The third-order valence-corrected chi connectivity index (χ3v) is 2.49. The molecule has 0 aromatic carbocycles. The highest BCUT2D eigenvalue weighted by Gasteiger charge is 2.21. The highest BCUT2D eigenvalue weighted by molar-refractivity contribution is 4.76. The Hall–Kier alpha value is -0.160. The van der Waals surface area contributed by atoms with Crippen LogP contribution in [0.3, 0.4) is 0 Å². The van der Waals surface area contributed by atoms with Crippen LogP contribution in [-0.2, 0) is 0 Å². The summed E-state index contributed by atoms with van der Waals surface area (Å²) >= 11 is 0. The van der Waals surface area contributed by atoms with Crippen LogP contribution in [0.15, 0.2) is 0 Å². The van der Waals surface area contributed by atoms with Gasteiger partial charge in [0.15, 0.2) is 0 Å². The number of hydrogen-bond acceptors (Lipinski definition) is 4. The summed E-state index contributed by atoms with van der Waals surface area (Å²) in [6.45, 7) is 4.52. The Morgan fingerprint density at radius 2 is 1.77 bits per heavy atom. The molecule has 1 atom stereocenters.